The molecule has 0 radical (unpaired) electrons. The first-order valence-corrected chi connectivity index (χ1v) is 9.55. The van der Waals surface area contributed by atoms with E-state index in [9.17, 15) is 0 Å². The lowest BCUT2D eigenvalue weighted by molar-refractivity contribution is 0.308. The molecule has 4 heteroatoms. The molecule has 0 bridgehead atoms. The molecule has 0 spiro atoms. The number of ether oxygens (including phenoxy) is 2. The van der Waals surface area contributed by atoms with Crippen molar-refractivity contribution in [2.24, 2.45) is 0 Å². The summed E-state index contributed by atoms with van der Waals surface area (Å²) >= 11 is 0. The summed E-state index contributed by atoms with van der Waals surface area (Å²) in [5.41, 5.74) is 2.38. The predicted molar refractivity (Wildman–Crippen MR) is 112 cm³/mol. The van der Waals surface area contributed by atoms with E-state index in [2.05, 4.69) is 61.5 Å². The molecular weight excluding hydrogens is 341 g/mol. The first-order valence-electron chi connectivity index (χ1n) is 8.55. The number of hydrogen-bond donors (Lipinski definition) is 0. The highest BCUT2D eigenvalue weighted by Gasteiger charge is 2.11. The van der Waals surface area contributed by atoms with E-state index in [1.54, 1.807) is 7.11 Å². The van der Waals surface area contributed by atoms with Crippen LogP contribution in [-0.4, -0.2) is 21.2 Å². The quantitative estimate of drug-likeness (QED) is 0.592. The Hall–Kier alpha value is -2.51. The lowest BCUT2D eigenvalue weighted by Crippen LogP contribution is -2.18. The molecule has 0 N–H and O–H groups in total. The number of rotatable bonds is 7. The maximum Gasteiger partial charge on any atom is 0.127 e. The fourth-order valence-electron chi connectivity index (χ4n) is 2.71. The van der Waals surface area contributed by atoms with E-state index >= 15 is 0 Å². The van der Waals surface area contributed by atoms with Gasteiger partial charge in [0.2, 0.25) is 0 Å². The average Bonchev–Trinajstić information content (AvgIpc) is 2.68. The maximum absolute atomic E-state index is 6.13. The zero-order chi connectivity index (χ0) is 18.4. The van der Waals surface area contributed by atoms with Crippen LogP contribution in [0.2, 0.25) is 0 Å². The van der Waals surface area contributed by atoms with Crippen molar-refractivity contribution in [2.45, 2.75) is 6.61 Å². The molecule has 0 aliphatic carbocycles. The summed E-state index contributed by atoms with van der Waals surface area (Å²) in [7, 11) is 6.32. The topological polar surface area (TPSA) is 21.7 Å². The standard InChI is InChI=1S/C22H24NO2P/c1-23(2)19-11-7-8-12-21(19)26-22-15-18(24-3)13-14-20(22)25-16-17-9-5-4-6-10-17/h4-15,26H,16H2,1-3H3. The summed E-state index contributed by atoms with van der Waals surface area (Å²) in [5, 5.41) is 2.44. The second-order valence-corrected chi connectivity index (χ2v) is 7.50. The van der Waals surface area contributed by atoms with Gasteiger partial charge in [-0.3, -0.25) is 0 Å². The van der Waals surface area contributed by atoms with E-state index in [1.807, 2.05) is 30.3 Å². The van der Waals surface area contributed by atoms with E-state index in [0.717, 1.165) is 22.4 Å². The van der Waals surface area contributed by atoms with Crippen LogP contribution in [0.4, 0.5) is 5.69 Å². The Bertz CT molecular complexity index is 850. The zero-order valence-corrected chi connectivity index (χ0v) is 16.4. The Balaban J connectivity index is 1.87. The van der Waals surface area contributed by atoms with Crippen molar-refractivity contribution in [2.75, 3.05) is 26.1 Å². The van der Waals surface area contributed by atoms with Crippen molar-refractivity contribution in [3.05, 3.63) is 78.4 Å². The number of methoxy groups -OCH3 is 1. The minimum atomic E-state index is 0.487. The normalized spacial score (nSPS) is 10.9. The third-order valence-electron chi connectivity index (χ3n) is 4.08. The van der Waals surface area contributed by atoms with Crippen molar-refractivity contribution in [1.29, 1.82) is 0 Å². The van der Waals surface area contributed by atoms with E-state index in [-0.39, 0.29) is 0 Å². The van der Waals surface area contributed by atoms with Gasteiger partial charge in [-0.25, -0.2) is 0 Å². The molecule has 0 saturated heterocycles. The van der Waals surface area contributed by atoms with Gasteiger partial charge >= 0.3 is 0 Å². The summed E-state index contributed by atoms with van der Waals surface area (Å²) in [6.45, 7) is 0.556. The molecule has 0 fully saturated rings. The van der Waals surface area contributed by atoms with Crippen molar-refractivity contribution in [1.82, 2.24) is 0 Å². The number of hydrogen-bond acceptors (Lipinski definition) is 3. The highest BCUT2D eigenvalue weighted by Crippen LogP contribution is 2.27. The molecule has 0 aliphatic heterocycles. The summed E-state index contributed by atoms with van der Waals surface area (Å²) in [6.07, 6.45) is 0. The maximum atomic E-state index is 6.13. The van der Waals surface area contributed by atoms with Gasteiger partial charge in [0.1, 0.15) is 18.1 Å². The molecule has 3 aromatic rings. The largest absolute Gasteiger partial charge is 0.497 e. The van der Waals surface area contributed by atoms with Crippen molar-refractivity contribution in [3.63, 3.8) is 0 Å². The predicted octanol–water partition coefficient (Wildman–Crippen LogP) is 3.97. The van der Waals surface area contributed by atoms with Crippen LogP contribution in [0.1, 0.15) is 5.56 Å². The molecule has 1 atom stereocenters. The van der Waals surface area contributed by atoms with Crippen LogP contribution in [0, 0.1) is 0 Å². The van der Waals surface area contributed by atoms with Gasteiger partial charge in [-0.05, 0) is 29.8 Å². The molecule has 1 unspecified atom stereocenters. The smallest absolute Gasteiger partial charge is 0.127 e. The van der Waals surface area contributed by atoms with Gasteiger partial charge in [0, 0.05) is 30.4 Å². The molecule has 3 nitrogen and oxygen atoms in total. The summed E-state index contributed by atoms with van der Waals surface area (Å²) in [5.74, 6) is 1.75. The van der Waals surface area contributed by atoms with Crippen LogP contribution in [0.15, 0.2) is 72.8 Å². The molecular formula is C22H24NO2P. The van der Waals surface area contributed by atoms with E-state index in [0.29, 0.717) is 15.2 Å². The van der Waals surface area contributed by atoms with Crippen molar-refractivity contribution in [3.8, 4) is 11.5 Å². The Kier molecular flexibility index (Phi) is 6.14. The van der Waals surface area contributed by atoms with Crippen molar-refractivity contribution < 1.29 is 9.47 Å². The Morgan fingerprint density at radius 2 is 1.58 bits per heavy atom. The van der Waals surface area contributed by atoms with Crippen molar-refractivity contribution >= 4 is 24.9 Å². The van der Waals surface area contributed by atoms with Crippen LogP contribution in [0.25, 0.3) is 0 Å². The van der Waals surface area contributed by atoms with Gasteiger partial charge in [-0.2, -0.15) is 0 Å². The van der Waals surface area contributed by atoms with Gasteiger partial charge in [0.05, 0.1) is 7.11 Å². The lowest BCUT2D eigenvalue weighted by Gasteiger charge is -2.19. The first-order chi connectivity index (χ1) is 12.7. The molecule has 3 rings (SSSR count). The summed E-state index contributed by atoms with van der Waals surface area (Å²) in [4.78, 5) is 2.15. The second-order valence-electron chi connectivity index (χ2n) is 6.17. The van der Waals surface area contributed by atoms with Gasteiger partial charge in [0.15, 0.2) is 0 Å². The molecule has 3 aromatic carbocycles. The Morgan fingerprint density at radius 1 is 0.846 bits per heavy atom. The van der Waals surface area contributed by atoms with Gasteiger partial charge in [-0.15, -0.1) is 0 Å². The van der Waals surface area contributed by atoms with Gasteiger partial charge < -0.3 is 14.4 Å². The minimum Gasteiger partial charge on any atom is -0.497 e. The number of para-hydroxylation sites is 1. The fourth-order valence-corrected chi connectivity index (χ4v) is 4.11. The van der Waals surface area contributed by atoms with Crippen LogP contribution in [0.5, 0.6) is 11.5 Å². The van der Waals surface area contributed by atoms with Crippen LogP contribution in [0.3, 0.4) is 0 Å². The average molecular weight is 365 g/mol. The summed E-state index contributed by atoms with van der Waals surface area (Å²) < 4.78 is 11.6. The molecule has 0 saturated carbocycles. The lowest BCUT2D eigenvalue weighted by atomic mass is 10.2. The number of anilines is 1. The number of benzene rings is 3. The third-order valence-corrected chi connectivity index (χ3v) is 5.43. The Morgan fingerprint density at radius 3 is 2.31 bits per heavy atom. The molecule has 26 heavy (non-hydrogen) atoms. The van der Waals surface area contributed by atoms with E-state index in [4.69, 9.17) is 9.47 Å². The molecule has 0 amide bonds. The summed E-state index contributed by atoms with van der Waals surface area (Å²) in [6, 6.07) is 24.7. The van der Waals surface area contributed by atoms with E-state index < -0.39 is 0 Å². The Labute approximate surface area is 157 Å². The first kappa shape index (κ1) is 18.3. The second kappa shape index (κ2) is 8.73. The molecule has 134 valence electrons. The van der Waals surface area contributed by atoms with Gasteiger partial charge in [0.25, 0.3) is 0 Å². The van der Waals surface area contributed by atoms with Crippen LogP contribution < -0.4 is 25.0 Å². The SMILES string of the molecule is COc1ccc(OCc2ccccc2)c(Pc2ccccc2N(C)C)c1. The molecule has 0 heterocycles. The molecule has 0 aromatic heterocycles. The van der Waals surface area contributed by atoms with E-state index in [1.165, 1.54) is 11.0 Å². The number of nitrogens with zero attached hydrogens (tertiary/aromatic N) is 1. The molecule has 0 aliphatic rings. The zero-order valence-electron chi connectivity index (χ0n) is 15.4. The third kappa shape index (κ3) is 4.56. The van der Waals surface area contributed by atoms with Crippen LogP contribution in [-0.2, 0) is 6.61 Å². The highest BCUT2D eigenvalue weighted by atomic mass is 31.1. The van der Waals surface area contributed by atoms with Gasteiger partial charge in [-0.1, -0.05) is 57.1 Å². The minimum absolute atomic E-state index is 0.487. The fraction of sp³-hybridized carbons (Fsp3) is 0.182. The monoisotopic (exact) mass is 365 g/mol. The highest BCUT2D eigenvalue weighted by molar-refractivity contribution is 7.56. The van der Waals surface area contributed by atoms with Crippen LogP contribution >= 0.6 is 8.58 Å².